The topological polar surface area (TPSA) is 87.9 Å². The van der Waals surface area contributed by atoms with Gasteiger partial charge in [0.1, 0.15) is 10.3 Å². The second-order valence-corrected chi connectivity index (χ2v) is 9.63. The van der Waals surface area contributed by atoms with Crippen LogP contribution >= 0.6 is 34.8 Å². The Kier molecular flexibility index (Phi) is 15.0. The van der Waals surface area contributed by atoms with Crippen LogP contribution in [0.3, 0.4) is 0 Å². The van der Waals surface area contributed by atoms with Crippen molar-refractivity contribution in [3.8, 4) is 0 Å². The van der Waals surface area contributed by atoms with Gasteiger partial charge in [0.15, 0.2) is 11.0 Å². The van der Waals surface area contributed by atoms with Crippen LogP contribution < -0.4 is 21.7 Å². The third kappa shape index (κ3) is 12.9. The van der Waals surface area contributed by atoms with Gasteiger partial charge in [-0.3, -0.25) is 0 Å². The van der Waals surface area contributed by atoms with E-state index in [-0.39, 0.29) is 7.43 Å². The molecule has 0 radical (unpaired) electrons. The van der Waals surface area contributed by atoms with E-state index < -0.39 is 0 Å². The molecule has 38 heavy (non-hydrogen) atoms. The molecule has 0 aliphatic carbocycles. The van der Waals surface area contributed by atoms with Gasteiger partial charge in [-0.05, 0) is 76.2 Å². The Morgan fingerprint density at radius 2 is 1.11 bits per heavy atom. The fourth-order valence-electron chi connectivity index (χ4n) is 2.90. The van der Waals surface area contributed by atoms with Crippen molar-refractivity contribution >= 4 is 63.4 Å². The maximum absolute atomic E-state index is 5.94. The molecule has 0 bridgehead atoms. The molecule has 6 nitrogen and oxygen atoms in total. The Balaban J connectivity index is 0.000000311. The standard InChI is InChI=1S/C14H16ClN3.C8H10Cl2N2.C6H7N.CH4/c1-10(2)16-12-8-9-13(15)18-14(12)17-11-6-4-3-5-7-11;1-5(2)11-6-3-4-7(9)12-8(6)10;7-6-4-2-1-3-5-6;/h3-10,16H,1-2H3,(H,17,18);3-5,11H,1-2H3;1-5H,7H2;1H4. The van der Waals surface area contributed by atoms with Gasteiger partial charge in [0.05, 0.1) is 11.4 Å². The number of nitrogens with one attached hydrogen (secondary N) is 3. The molecule has 2 heterocycles. The molecule has 2 aromatic carbocycles. The molecule has 0 saturated heterocycles. The van der Waals surface area contributed by atoms with E-state index in [9.17, 15) is 0 Å². The minimum atomic E-state index is 0. The lowest BCUT2D eigenvalue weighted by molar-refractivity contribution is 0.898. The maximum atomic E-state index is 5.94. The van der Waals surface area contributed by atoms with Crippen molar-refractivity contribution in [3.05, 3.63) is 100 Å². The van der Waals surface area contributed by atoms with Gasteiger partial charge in [-0.15, -0.1) is 0 Å². The highest BCUT2D eigenvalue weighted by atomic mass is 35.5. The third-order valence-electron chi connectivity index (χ3n) is 4.40. The first-order valence-corrected chi connectivity index (χ1v) is 12.9. The molecule has 0 spiro atoms. The summed E-state index contributed by atoms with van der Waals surface area (Å²) in [5, 5.41) is 11.0. The number of anilines is 5. The Hall–Kier alpha value is -3.19. The van der Waals surface area contributed by atoms with Crippen LogP contribution in [0.2, 0.25) is 15.5 Å². The monoisotopic (exact) mass is 574 g/mol. The average Bonchev–Trinajstić information content (AvgIpc) is 2.84. The normalized spacial score (nSPS) is 9.82. The number of nitrogens with zero attached hydrogens (tertiary/aromatic N) is 2. The second kappa shape index (κ2) is 17.3. The predicted molar refractivity (Wildman–Crippen MR) is 168 cm³/mol. The quantitative estimate of drug-likeness (QED) is 0.135. The van der Waals surface area contributed by atoms with Crippen LogP contribution in [0.1, 0.15) is 35.1 Å². The number of nitrogen functional groups attached to an aromatic ring is 1. The highest BCUT2D eigenvalue weighted by Crippen LogP contribution is 2.26. The summed E-state index contributed by atoms with van der Waals surface area (Å²) in [6, 6.07) is 27.3. The van der Waals surface area contributed by atoms with E-state index in [4.69, 9.17) is 40.5 Å². The number of hydrogen-bond acceptors (Lipinski definition) is 6. The van der Waals surface area contributed by atoms with E-state index in [0.29, 0.717) is 27.5 Å². The van der Waals surface area contributed by atoms with Gasteiger partial charge in [-0.25, -0.2) is 9.97 Å². The third-order valence-corrected chi connectivity index (χ3v) is 5.11. The number of benzene rings is 2. The first-order chi connectivity index (χ1) is 17.6. The zero-order valence-electron chi connectivity index (χ0n) is 21.3. The van der Waals surface area contributed by atoms with Crippen LogP contribution in [0.4, 0.5) is 28.6 Å². The number of rotatable bonds is 6. The fraction of sp³-hybridized carbons (Fsp3) is 0.241. The largest absolute Gasteiger partial charge is 0.399 e. The molecule has 0 amide bonds. The van der Waals surface area contributed by atoms with Crippen molar-refractivity contribution in [2.24, 2.45) is 0 Å². The summed E-state index contributed by atoms with van der Waals surface area (Å²) in [6.45, 7) is 8.23. The summed E-state index contributed by atoms with van der Waals surface area (Å²) in [5.41, 5.74) is 8.92. The minimum Gasteiger partial charge on any atom is -0.399 e. The summed E-state index contributed by atoms with van der Waals surface area (Å²) in [4.78, 5) is 8.21. The van der Waals surface area contributed by atoms with Crippen molar-refractivity contribution in [2.45, 2.75) is 47.2 Å². The smallest absolute Gasteiger partial charge is 0.155 e. The van der Waals surface area contributed by atoms with E-state index in [1.807, 2.05) is 86.6 Å². The second-order valence-electron chi connectivity index (χ2n) is 8.50. The van der Waals surface area contributed by atoms with Gasteiger partial charge in [-0.1, -0.05) is 78.6 Å². The Morgan fingerprint density at radius 1 is 0.632 bits per heavy atom. The lowest BCUT2D eigenvalue weighted by Gasteiger charge is -2.15. The molecule has 2 aromatic heterocycles. The molecule has 0 fully saturated rings. The maximum Gasteiger partial charge on any atom is 0.155 e. The molecule has 0 saturated carbocycles. The van der Waals surface area contributed by atoms with Gasteiger partial charge >= 0.3 is 0 Å². The number of hydrogen-bond donors (Lipinski definition) is 4. The van der Waals surface area contributed by atoms with E-state index in [0.717, 1.165) is 28.6 Å². The number of aromatic nitrogens is 2. The van der Waals surface area contributed by atoms with Gasteiger partial charge in [0, 0.05) is 23.5 Å². The summed E-state index contributed by atoms with van der Waals surface area (Å²) >= 11 is 17.4. The summed E-state index contributed by atoms with van der Waals surface area (Å²) < 4.78 is 0. The SMILES string of the molecule is C.CC(C)Nc1ccc(Cl)nc1Cl.CC(C)Nc1ccc(Cl)nc1Nc1ccccc1.Nc1ccccc1. The number of nitrogens with two attached hydrogens (primary N) is 1. The van der Waals surface area contributed by atoms with E-state index in [1.54, 1.807) is 12.1 Å². The summed E-state index contributed by atoms with van der Waals surface area (Å²) in [5.74, 6) is 0.738. The van der Waals surface area contributed by atoms with Crippen LogP contribution in [0.25, 0.3) is 0 Å². The van der Waals surface area contributed by atoms with Crippen molar-refractivity contribution < 1.29 is 0 Å². The lowest BCUT2D eigenvalue weighted by atomic mass is 10.3. The Morgan fingerprint density at radius 3 is 1.58 bits per heavy atom. The van der Waals surface area contributed by atoms with Crippen LogP contribution in [-0.4, -0.2) is 22.1 Å². The molecular weight excluding hydrogens is 539 g/mol. The van der Waals surface area contributed by atoms with E-state index >= 15 is 0 Å². The molecule has 0 atom stereocenters. The van der Waals surface area contributed by atoms with Gasteiger partial charge in [-0.2, -0.15) is 0 Å². The van der Waals surface area contributed by atoms with Crippen LogP contribution in [-0.2, 0) is 0 Å². The van der Waals surface area contributed by atoms with Crippen LogP contribution in [0.15, 0.2) is 84.9 Å². The highest BCUT2D eigenvalue weighted by Gasteiger charge is 2.07. The Bertz CT molecular complexity index is 1210. The van der Waals surface area contributed by atoms with Crippen LogP contribution in [0.5, 0.6) is 0 Å². The molecule has 9 heteroatoms. The van der Waals surface area contributed by atoms with Gasteiger partial charge in [0.25, 0.3) is 0 Å². The van der Waals surface area contributed by atoms with Gasteiger partial charge < -0.3 is 21.7 Å². The van der Waals surface area contributed by atoms with Crippen molar-refractivity contribution in [3.63, 3.8) is 0 Å². The Labute approximate surface area is 242 Å². The molecule has 0 aliphatic rings. The molecule has 4 rings (SSSR count). The molecule has 0 aliphatic heterocycles. The van der Waals surface area contributed by atoms with Crippen molar-refractivity contribution in [2.75, 3.05) is 21.7 Å². The number of para-hydroxylation sites is 2. The molecule has 5 N–H and O–H groups in total. The first kappa shape index (κ1) is 32.8. The van der Waals surface area contributed by atoms with Crippen molar-refractivity contribution in [1.82, 2.24) is 9.97 Å². The highest BCUT2D eigenvalue weighted by molar-refractivity contribution is 6.34. The van der Waals surface area contributed by atoms with E-state index in [1.165, 1.54) is 0 Å². The summed E-state index contributed by atoms with van der Waals surface area (Å²) in [6.07, 6.45) is 0. The van der Waals surface area contributed by atoms with Crippen LogP contribution in [0, 0.1) is 0 Å². The first-order valence-electron chi connectivity index (χ1n) is 11.8. The molecular formula is C29H37Cl3N6. The zero-order valence-corrected chi connectivity index (χ0v) is 23.6. The predicted octanol–water partition coefficient (Wildman–Crippen LogP) is 9.41. The van der Waals surface area contributed by atoms with Crippen molar-refractivity contribution in [1.29, 1.82) is 0 Å². The molecule has 0 unspecified atom stereocenters. The van der Waals surface area contributed by atoms with E-state index in [2.05, 4.69) is 39.8 Å². The zero-order chi connectivity index (χ0) is 27.2. The van der Waals surface area contributed by atoms with Gasteiger partial charge in [0.2, 0.25) is 0 Å². The minimum absolute atomic E-state index is 0. The number of halogens is 3. The average molecular weight is 576 g/mol. The lowest BCUT2D eigenvalue weighted by Crippen LogP contribution is -2.12. The summed E-state index contributed by atoms with van der Waals surface area (Å²) in [7, 11) is 0. The molecule has 4 aromatic rings. The fourth-order valence-corrected chi connectivity index (χ4v) is 3.45. The molecule has 204 valence electrons. The number of pyridine rings is 2.